The Hall–Kier alpha value is -2.66. The van der Waals surface area contributed by atoms with Crippen molar-refractivity contribution in [3.63, 3.8) is 0 Å². The number of anilines is 1. The van der Waals surface area contributed by atoms with E-state index in [4.69, 9.17) is 9.84 Å². The van der Waals surface area contributed by atoms with Gasteiger partial charge in [0.2, 0.25) is 0 Å². The van der Waals surface area contributed by atoms with Crippen LogP contribution in [0.1, 0.15) is 43.1 Å². The van der Waals surface area contributed by atoms with E-state index in [-0.39, 0.29) is 12.0 Å². The van der Waals surface area contributed by atoms with Crippen LogP contribution in [0, 0.1) is 0 Å². The molecule has 1 atom stereocenters. The van der Waals surface area contributed by atoms with Crippen molar-refractivity contribution in [1.29, 1.82) is 0 Å². The van der Waals surface area contributed by atoms with Gasteiger partial charge < -0.3 is 15.2 Å². The number of carbonyl (C=O) groups is 1. The van der Waals surface area contributed by atoms with Crippen molar-refractivity contribution in [2.45, 2.75) is 33.2 Å². The highest BCUT2D eigenvalue weighted by Gasteiger charge is 2.16. The van der Waals surface area contributed by atoms with Crippen LogP contribution in [0.15, 0.2) is 53.5 Å². The topological polar surface area (TPSA) is 70.9 Å². The smallest absolute Gasteiger partial charge is 0.340 e. The first-order chi connectivity index (χ1) is 12.7. The summed E-state index contributed by atoms with van der Waals surface area (Å²) >= 11 is 0. The number of aliphatic hydroxyl groups excluding tert-OH is 1. The molecule has 0 amide bonds. The molecule has 140 valence electrons. The Balaban J connectivity index is 0.00000163. The van der Waals surface area contributed by atoms with Gasteiger partial charge in [0.25, 0.3) is 0 Å². The molecular formula is C21H28N2O3. The highest BCUT2D eigenvalue weighted by atomic mass is 16.5. The van der Waals surface area contributed by atoms with Crippen molar-refractivity contribution < 1.29 is 14.6 Å². The Morgan fingerprint density at radius 3 is 2.46 bits per heavy atom. The van der Waals surface area contributed by atoms with Crippen molar-refractivity contribution >= 4 is 23.6 Å². The van der Waals surface area contributed by atoms with E-state index in [1.807, 2.05) is 42.5 Å². The first kappa shape index (κ1) is 21.4. The van der Waals surface area contributed by atoms with Crippen LogP contribution in [0.3, 0.4) is 0 Å². The van der Waals surface area contributed by atoms with E-state index in [0.29, 0.717) is 12.2 Å². The molecule has 2 N–H and O–H groups in total. The van der Waals surface area contributed by atoms with E-state index in [1.165, 1.54) is 0 Å². The molecule has 2 rings (SSSR count). The molecule has 1 unspecified atom stereocenters. The molecule has 0 aliphatic rings. The van der Waals surface area contributed by atoms with Gasteiger partial charge in [-0.05, 0) is 38.5 Å². The molecule has 0 spiro atoms. The van der Waals surface area contributed by atoms with E-state index < -0.39 is 0 Å². The second-order valence-electron chi connectivity index (χ2n) is 5.54. The van der Waals surface area contributed by atoms with Crippen LogP contribution in [0.2, 0.25) is 0 Å². The van der Waals surface area contributed by atoms with E-state index in [0.717, 1.165) is 30.5 Å². The molecule has 0 saturated heterocycles. The highest BCUT2D eigenvalue weighted by molar-refractivity contribution is 6.02. The van der Waals surface area contributed by atoms with E-state index in [1.54, 1.807) is 19.2 Å². The Labute approximate surface area is 155 Å². The number of ether oxygens (including phenoxy) is 1. The van der Waals surface area contributed by atoms with Crippen molar-refractivity contribution in [3.8, 4) is 0 Å². The molecule has 0 radical (unpaired) electrons. The van der Waals surface area contributed by atoms with Gasteiger partial charge in [-0.2, -0.15) is 0 Å². The minimum Gasteiger partial charge on any atom is -0.462 e. The maximum absolute atomic E-state index is 12.3. The third-order valence-corrected chi connectivity index (χ3v) is 3.70. The third kappa shape index (κ3) is 6.33. The molecule has 0 bridgehead atoms. The lowest BCUT2D eigenvalue weighted by Crippen LogP contribution is -2.18. The number of hydrogen-bond acceptors (Lipinski definition) is 5. The number of nitrogens with zero attached hydrogens (tertiary/aromatic N) is 1. The first-order valence-electron chi connectivity index (χ1n) is 8.76. The number of carbonyl (C=O) groups excluding carboxylic acids is 1. The minimum absolute atomic E-state index is 0.240. The van der Waals surface area contributed by atoms with Crippen LogP contribution < -0.4 is 5.32 Å². The summed E-state index contributed by atoms with van der Waals surface area (Å²) in [5.41, 5.74) is 3.04. The van der Waals surface area contributed by atoms with Crippen LogP contribution >= 0.6 is 0 Å². The first-order valence-corrected chi connectivity index (χ1v) is 8.76. The fourth-order valence-electron chi connectivity index (χ4n) is 2.22. The number of rotatable bonds is 7. The summed E-state index contributed by atoms with van der Waals surface area (Å²) in [7, 11) is 1.00. The molecule has 5 heteroatoms. The molecule has 0 aromatic heterocycles. The van der Waals surface area contributed by atoms with Gasteiger partial charge in [0.1, 0.15) is 0 Å². The number of aliphatic imine (C=N–C) groups is 1. The summed E-state index contributed by atoms with van der Waals surface area (Å²) in [5.74, 6) is -0.321. The molecule has 2 aromatic carbocycles. The predicted octanol–water partition coefficient (Wildman–Crippen LogP) is 4.43. The van der Waals surface area contributed by atoms with Crippen LogP contribution in [0.5, 0.6) is 0 Å². The molecule has 2 aromatic rings. The second-order valence-corrected chi connectivity index (χ2v) is 5.54. The van der Waals surface area contributed by atoms with E-state index in [2.05, 4.69) is 24.2 Å². The highest BCUT2D eigenvalue weighted by Crippen LogP contribution is 2.23. The summed E-state index contributed by atoms with van der Waals surface area (Å²) in [5, 5.41) is 10.4. The van der Waals surface area contributed by atoms with Crippen LogP contribution in [0.4, 0.5) is 11.4 Å². The van der Waals surface area contributed by atoms with E-state index in [9.17, 15) is 4.79 Å². The van der Waals surface area contributed by atoms with Crippen LogP contribution in [0.25, 0.3) is 0 Å². The average molecular weight is 356 g/mol. The molecule has 0 aliphatic carbocycles. The van der Waals surface area contributed by atoms with Gasteiger partial charge in [-0.3, -0.25) is 4.99 Å². The molecule has 0 saturated carbocycles. The molecule has 0 fully saturated rings. The zero-order chi connectivity index (χ0) is 19.4. The van der Waals surface area contributed by atoms with Crippen molar-refractivity contribution in [2.24, 2.45) is 4.99 Å². The summed E-state index contributed by atoms with van der Waals surface area (Å²) in [6, 6.07) is 15.5. The number of benzene rings is 2. The fraction of sp³-hybridized carbons (Fsp3) is 0.333. The number of aliphatic hydroxyl groups is 1. The number of para-hydroxylation sites is 2. The van der Waals surface area contributed by atoms with Gasteiger partial charge in [-0.15, -0.1) is 0 Å². The number of hydrogen-bond donors (Lipinski definition) is 2. The minimum atomic E-state index is -0.321. The van der Waals surface area contributed by atoms with Crippen molar-refractivity contribution in [1.82, 2.24) is 0 Å². The maximum Gasteiger partial charge on any atom is 0.340 e. The second kappa shape index (κ2) is 11.8. The van der Waals surface area contributed by atoms with Crippen molar-refractivity contribution in [3.05, 3.63) is 59.7 Å². The molecule has 26 heavy (non-hydrogen) atoms. The predicted molar refractivity (Wildman–Crippen MR) is 108 cm³/mol. The summed E-state index contributed by atoms with van der Waals surface area (Å²) in [4.78, 5) is 16.8. The lowest BCUT2D eigenvalue weighted by molar-refractivity contribution is 0.0527. The lowest BCUT2D eigenvalue weighted by Gasteiger charge is -2.18. The van der Waals surface area contributed by atoms with E-state index >= 15 is 0 Å². The van der Waals surface area contributed by atoms with Crippen LogP contribution in [-0.2, 0) is 4.74 Å². The van der Waals surface area contributed by atoms with Gasteiger partial charge in [-0.1, -0.05) is 37.3 Å². The Morgan fingerprint density at radius 2 is 1.85 bits per heavy atom. The normalized spacial score (nSPS) is 11.4. The maximum atomic E-state index is 12.3. The van der Waals surface area contributed by atoms with Gasteiger partial charge in [0.05, 0.1) is 23.5 Å². The molecule has 0 aliphatic heterocycles. The average Bonchev–Trinajstić information content (AvgIpc) is 2.69. The third-order valence-electron chi connectivity index (χ3n) is 3.70. The summed E-state index contributed by atoms with van der Waals surface area (Å²) in [6.45, 7) is 6.34. The number of esters is 1. The largest absolute Gasteiger partial charge is 0.462 e. The lowest BCUT2D eigenvalue weighted by atomic mass is 10.1. The van der Waals surface area contributed by atoms with Gasteiger partial charge in [0, 0.05) is 24.9 Å². The summed E-state index contributed by atoms with van der Waals surface area (Å²) < 4.78 is 5.18. The van der Waals surface area contributed by atoms with Gasteiger partial charge in [-0.25, -0.2) is 4.79 Å². The number of nitrogens with one attached hydrogen (secondary N) is 1. The summed E-state index contributed by atoms with van der Waals surface area (Å²) in [6.07, 6.45) is 2.73. The zero-order valence-electron chi connectivity index (χ0n) is 15.9. The fourth-order valence-corrected chi connectivity index (χ4v) is 2.22. The molecular weight excluding hydrogens is 328 g/mol. The van der Waals surface area contributed by atoms with Gasteiger partial charge in [0.15, 0.2) is 0 Å². The van der Waals surface area contributed by atoms with Gasteiger partial charge >= 0.3 is 5.97 Å². The zero-order valence-corrected chi connectivity index (χ0v) is 15.9. The standard InChI is InChI=1S/C20H24N2O2.CH4O/c1-4-15(3)22-19-16(14-21-17-11-7-6-8-12-17)10-9-13-18(19)20(23)24-5-2;1-2/h6-15,22H,4-5H2,1-3H3;2H,1H3. The monoisotopic (exact) mass is 356 g/mol. The molecule has 5 nitrogen and oxygen atoms in total. The van der Waals surface area contributed by atoms with Crippen LogP contribution in [-0.4, -0.2) is 37.0 Å². The quantitative estimate of drug-likeness (QED) is 0.568. The SMILES string of the molecule is CCOC(=O)c1cccc(C=Nc2ccccc2)c1NC(C)CC.CO. The Bertz CT molecular complexity index is 700. The Kier molecular flexibility index (Phi) is 9.72. The molecule has 0 heterocycles. The Morgan fingerprint density at radius 1 is 1.15 bits per heavy atom. The van der Waals surface area contributed by atoms with Crippen molar-refractivity contribution in [2.75, 3.05) is 19.0 Å².